The quantitative estimate of drug-likeness (QED) is 0.817. The number of rotatable bonds is 1. The van der Waals surface area contributed by atoms with Gasteiger partial charge in [0.15, 0.2) is 0 Å². The first-order valence-electron chi connectivity index (χ1n) is 5.53. The lowest BCUT2D eigenvalue weighted by Gasteiger charge is -2.12. The van der Waals surface area contributed by atoms with Gasteiger partial charge < -0.3 is 5.11 Å². The zero-order valence-electron chi connectivity index (χ0n) is 10.5. The van der Waals surface area contributed by atoms with Crippen LogP contribution in [0.2, 0.25) is 0 Å². The molecule has 3 heteroatoms. The number of carbonyl (C=O) groups is 1. The Morgan fingerprint density at radius 3 is 2.41 bits per heavy atom. The highest BCUT2D eigenvalue weighted by Crippen LogP contribution is 2.27. The van der Waals surface area contributed by atoms with Crippen molar-refractivity contribution in [3.8, 4) is 0 Å². The van der Waals surface area contributed by atoms with E-state index in [9.17, 15) is 9.90 Å². The first-order valence-corrected chi connectivity index (χ1v) is 5.53. The monoisotopic (exact) mass is 229 g/mol. The highest BCUT2D eigenvalue weighted by Gasteiger charge is 2.17. The summed E-state index contributed by atoms with van der Waals surface area (Å²) in [4.78, 5) is 15.9. The Labute approximate surface area is 100 Å². The maximum absolute atomic E-state index is 11.4. The maximum Gasteiger partial charge on any atom is 0.336 e. The molecule has 0 bridgehead atoms. The number of aromatic nitrogens is 1. The molecule has 0 saturated carbocycles. The molecule has 88 valence electrons. The third kappa shape index (κ3) is 1.78. The van der Waals surface area contributed by atoms with Crippen molar-refractivity contribution in [3.63, 3.8) is 0 Å². The Kier molecular flexibility index (Phi) is 2.62. The lowest BCUT2D eigenvalue weighted by atomic mass is 9.97. The Morgan fingerprint density at radius 2 is 1.82 bits per heavy atom. The predicted octanol–water partition coefficient (Wildman–Crippen LogP) is 3.17. The summed E-state index contributed by atoms with van der Waals surface area (Å²) in [5, 5.41) is 10.1. The number of aryl methyl sites for hydroxylation is 3. The summed E-state index contributed by atoms with van der Waals surface area (Å²) >= 11 is 0. The number of nitrogens with zero attached hydrogens (tertiary/aromatic N) is 1. The van der Waals surface area contributed by atoms with Gasteiger partial charge in [0.05, 0.1) is 11.1 Å². The second-order valence-corrected chi connectivity index (χ2v) is 4.48. The molecule has 0 saturated heterocycles. The number of carboxylic acid groups (broad SMARTS) is 1. The van der Waals surface area contributed by atoms with Crippen LogP contribution in [0.3, 0.4) is 0 Å². The second-order valence-electron chi connectivity index (χ2n) is 4.48. The van der Waals surface area contributed by atoms with E-state index < -0.39 is 5.97 Å². The fraction of sp³-hybridized carbons (Fsp3) is 0.286. The van der Waals surface area contributed by atoms with E-state index in [4.69, 9.17) is 0 Å². The van der Waals surface area contributed by atoms with E-state index in [0.717, 1.165) is 33.3 Å². The van der Waals surface area contributed by atoms with Crippen LogP contribution in [-0.2, 0) is 0 Å². The number of aromatic carboxylic acids is 1. The average molecular weight is 229 g/mol. The van der Waals surface area contributed by atoms with Crippen molar-refractivity contribution in [2.24, 2.45) is 0 Å². The van der Waals surface area contributed by atoms with Gasteiger partial charge in [0.1, 0.15) is 0 Å². The number of hydrogen-bond donors (Lipinski definition) is 1. The van der Waals surface area contributed by atoms with Gasteiger partial charge in [-0.15, -0.1) is 0 Å². The van der Waals surface area contributed by atoms with Crippen LogP contribution in [0.1, 0.15) is 32.7 Å². The molecule has 1 aromatic carbocycles. The first-order chi connectivity index (χ1) is 7.91. The maximum atomic E-state index is 11.4. The summed E-state index contributed by atoms with van der Waals surface area (Å²) in [6, 6.07) is 3.92. The molecule has 3 nitrogen and oxygen atoms in total. The van der Waals surface area contributed by atoms with E-state index in [1.54, 1.807) is 0 Å². The number of benzene rings is 1. The minimum absolute atomic E-state index is 0.380. The van der Waals surface area contributed by atoms with Crippen LogP contribution in [0.25, 0.3) is 10.9 Å². The molecule has 0 spiro atoms. The van der Waals surface area contributed by atoms with Crippen molar-refractivity contribution in [2.75, 3.05) is 0 Å². The molecule has 0 amide bonds. The fourth-order valence-electron chi connectivity index (χ4n) is 2.26. The molecule has 1 aromatic heterocycles. The standard InChI is InChI=1S/C14H15NO2/c1-7-5-8(2)12-11(6-7)15-10(4)9(3)13(12)14(16)17/h5-6H,1-4H3,(H,16,17). The van der Waals surface area contributed by atoms with Crippen molar-refractivity contribution in [3.05, 3.63) is 40.1 Å². The van der Waals surface area contributed by atoms with Crippen LogP contribution in [-0.4, -0.2) is 16.1 Å². The average Bonchev–Trinajstić information content (AvgIpc) is 2.20. The highest BCUT2D eigenvalue weighted by molar-refractivity contribution is 6.05. The van der Waals surface area contributed by atoms with Crippen molar-refractivity contribution in [1.29, 1.82) is 0 Å². The molecular weight excluding hydrogens is 214 g/mol. The molecule has 1 heterocycles. The normalized spacial score (nSPS) is 10.8. The lowest BCUT2D eigenvalue weighted by molar-refractivity contribution is 0.0698. The van der Waals surface area contributed by atoms with Gasteiger partial charge in [-0.1, -0.05) is 6.07 Å². The van der Waals surface area contributed by atoms with Crippen LogP contribution in [0.5, 0.6) is 0 Å². The van der Waals surface area contributed by atoms with Gasteiger partial charge in [-0.05, 0) is 50.5 Å². The zero-order valence-corrected chi connectivity index (χ0v) is 10.5. The number of hydrogen-bond acceptors (Lipinski definition) is 2. The molecule has 2 aromatic rings. The number of carboxylic acids is 1. The van der Waals surface area contributed by atoms with Crippen LogP contribution in [0.15, 0.2) is 12.1 Å². The molecule has 1 N–H and O–H groups in total. The fourth-order valence-corrected chi connectivity index (χ4v) is 2.26. The molecule has 0 radical (unpaired) electrons. The van der Waals surface area contributed by atoms with Gasteiger partial charge in [0.25, 0.3) is 0 Å². The predicted molar refractivity (Wildman–Crippen MR) is 67.7 cm³/mol. The van der Waals surface area contributed by atoms with Crippen molar-refractivity contribution >= 4 is 16.9 Å². The molecule has 0 aliphatic carbocycles. The molecule has 0 aliphatic rings. The molecule has 2 rings (SSSR count). The van der Waals surface area contributed by atoms with Gasteiger partial charge in [-0.2, -0.15) is 0 Å². The minimum Gasteiger partial charge on any atom is -0.478 e. The first kappa shape index (κ1) is 11.6. The van der Waals surface area contributed by atoms with Crippen LogP contribution >= 0.6 is 0 Å². The Bertz CT molecular complexity index is 630. The van der Waals surface area contributed by atoms with Gasteiger partial charge in [-0.25, -0.2) is 4.79 Å². The largest absolute Gasteiger partial charge is 0.478 e. The van der Waals surface area contributed by atoms with Gasteiger partial charge in [0.2, 0.25) is 0 Å². The molecular formula is C14H15NO2. The number of pyridine rings is 1. The minimum atomic E-state index is -0.884. The second kappa shape index (κ2) is 3.84. The Balaban J connectivity index is 3.03. The summed E-state index contributed by atoms with van der Waals surface area (Å²) in [6.07, 6.45) is 0. The third-order valence-corrected chi connectivity index (χ3v) is 3.13. The van der Waals surface area contributed by atoms with Crippen molar-refractivity contribution < 1.29 is 9.90 Å². The molecule has 17 heavy (non-hydrogen) atoms. The molecule has 0 unspecified atom stereocenters. The summed E-state index contributed by atoms with van der Waals surface area (Å²) in [7, 11) is 0. The van der Waals surface area contributed by atoms with Crippen LogP contribution in [0.4, 0.5) is 0 Å². The third-order valence-electron chi connectivity index (χ3n) is 3.13. The Hall–Kier alpha value is -1.90. The molecule has 0 atom stereocenters. The summed E-state index contributed by atoms with van der Waals surface area (Å²) in [6.45, 7) is 7.57. The lowest BCUT2D eigenvalue weighted by Crippen LogP contribution is -2.06. The topological polar surface area (TPSA) is 50.2 Å². The SMILES string of the molecule is Cc1cc(C)c2c(C(=O)O)c(C)c(C)nc2c1. The van der Waals surface area contributed by atoms with E-state index in [-0.39, 0.29) is 0 Å². The number of fused-ring (bicyclic) bond motifs is 1. The molecule has 0 aliphatic heterocycles. The van der Waals surface area contributed by atoms with Gasteiger partial charge >= 0.3 is 5.97 Å². The van der Waals surface area contributed by atoms with E-state index in [1.165, 1.54) is 0 Å². The smallest absolute Gasteiger partial charge is 0.336 e. The van der Waals surface area contributed by atoms with Crippen LogP contribution in [0, 0.1) is 27.7 Å². The van der Waals surface area contributed by atoms with Crippen molar-refractivity contribution in [1.82, 2.24) is 4.98 Å². The van der Waals surface area contributed by atoms with Gasteiger partial charge in [-0.3, -0.25) is 4.98 Å². The summed E-state index contributed by atoms with van der Waals surface area (Å²) in [5.74, 6) is -0.884. The van der Waals surface area contributed by atoms with E-state index >= 15 is 0 Å². The summed E-state index contributed by atoms with van der Waals surface area (Å²) < 4.78 is 0. The van der Waals surface area contributed by atoms with Gasteiger partial charge in [0, 0.05) is 11.1 Å². The van der Waals surface area contributed by atoms with Crippen LogP contribution < -0.4 is 0 Å². The summed E-state index contributed by atoms with van der Waals surface area (Å²) in [5.41, 5.74) is 4.74. The van der Waals surface area contributed by atoms with E-state index in [1.807, 2.05) is 39.8 Å². The van der Waals surface area contributed by atoms with E-state index in [0.29, 0.717) is 5.56 Å². The highest BCUT2D eigenvalue weighted by atomic mass is 16.4. The zero-order chi connectivity index (χ0) is 12.7. The Morgan fingerprint density at radius 1 is 1.18 bits per heavy atom. The molecule has 0 fully saturated rings. The van der Waals surface area contributed by atoms with Crippen molar-refractivity contribution in [2.45, 2.75) is 27.7 Å². The van der Waals surface area contributed by atoms with E-state index in [2.05, 4.69) is 4.98 Å².